The predicted octanol–water partition coefficient (Wildman–Crippen LogP) is 1.98. The van der Waals surface area contributed by atoms with Gasteiger partial charge in [-0.25, -0.2) is 0 Å². The van der Waals surface area contributed by atoms with Gasteiger partial charge >= 0.3 is 0 Å². The second-order valence-electron chi connectivity index (χ2n) is 2.83. The number of anilines is 1. The number of hydrogen-bond donors (Lipinski definition) is 1. The van der Waals surface area contributed by atoms with Crippen molar-refractivity contribution in [2.45, 2.75) is 0 Å². The summed E-state index contributed by atoms with van der Waals surface area (Å²) in [6.45, 7) is 0. The standard InChI is InChI=1S/C11H9NO3/c13-11(10-8-14-6-7-15-10)12-9-4-2-1-3-5-9/h1-8H,(H,12,13). The first-order valence-electron chi connectivity index (χ1n) is 4.40. The lowest BCUT2D eigenvalue weighted by Crippen LogP contribution is -2.16. The summed E-state index contributed by atoms with van der Waals surface area (Å²) < 4.78 is 9.77. The Balaban J connectivity index is 2.01. The molecule has 0 atom stereocenters. The van der Waals surface area contributed by atoms with Crippen LogP contribution in [0.15, 0.2) is 54.9 Å². The Kier molecular flexibility index (Phi) is 2.69. The van der Waals surface area contributed by atoms with Crippen molar-refractivity contribution in [1.29, 1.82) is 0 Å². The van der Waals surface area contributed by atoms with Gasteiger partial charge in [-0.3, -0.25) is 4.79 Å². The Labute approximate surface area is 86.8 Å². The van der Waals surface area contributed by atoms with Crippen molar-refractivity contribution in [2.75, 3.05) is 5.32 Å². The summed E-state index contributed by atoms with van der Waals surface area (Å²) in [5, 5.41) is 2.67. The molecule has 4 nitrogen and oxygen atoms in total. The highest BCUT2D eigenvalue weighted by molar-refractivity contribution is 6.02. The van der Waals surface area contributed by atoms with E-state index < -0.39 is 0 Å². The molecule has 0 fully saturated rings. The third-order valence-corrected chi connectivity index (χ3v) is 1.76. The van der Waals surface area contributed by atoms with Gasteiger partial charge in [0.15, 0.2) is 0 Å². The zero-order valence-electron chi connectivity index (χ0n) is 7.84. The maximum absolute atomic E-state index is 11.5. The van der Waals surface area contributed by atoms with Gasteiger partial charge in [-0.1, -0.05) is 18.2 Å². The summed E-state index contributed by atoms with van der Waals surface area (Å²) in [7, 11) is 0. The predicted molar refractivity (Wildman–Crippen MR) is 54.5 cm³/mol. The Morgan fingerprint density at radius 3 is 2.60 bits per heavy atom. The van der Waals surface area contributed by atoms with Crippen LogP contribution in [0.1, 0.15) is 0 Å². The normalized spacial score (nSPS) is 13.5. The van der Waals surface area contributed by atoms with E-state index >= 15 is 0 Å². The van der Waals surface area contributed by atoms with Gasteiger partial charge in [-0.15, -0.1) is 0 Å². The number of para-hydroxylation sites is 1. The number of carbonyl (C=O) groups is 1. The van der Waals surface area contributed by atoms with E-state index in [0.29, 0.717) is 5.69 Å². The Bertz CT molecular complexity index is 409. The molecule has 1 aromatic carbocycles. The first-order valence-corrected chi connectivity index (χ1v) is 4.40. The van der Waals surface area contributed by atoms with Crippen LogP contribution >= 0.6 is 0 Å². The lowest BCUT2D eigenvalue weighted by atomic mass is 10.3. The first kappa shape index (κ1) is 9.33. The number of benzene rings is 1. The van der Waals surface area contributed by atoms with Crippen molar-refractivity contribution in [2.24, 2.45) is 0 Å². The minimum Gasteiger partial charge on any atom is -0.465 e. The zero-order valence-corrected chi connectivity index (χ0v) is 7.84. The van der Waals surface area contributed by atoms with Crippen molar-refractivity contribution < 1.29 is 14.3 Å². The van der Waals surface area contributed by atoms with Crippen LogP contribution < -0.4 is 5.32 Å². The smallest absolute Gasteiger partial charge is 0.294 e. The molecule has 1 N–H and O–H groups in total. The van der Waals surface area contributed by atoms with E-state index in [2.05, 4.69) is 5.32 Å². The van der Waals surface area contributed by atoms with Crippen LogP contribution in [-0.4, -0.2) is 5.91 Å². The lowest BCUT2D eigenvalue weighted by Gasteiger charge is -2.09. The van der Waals surface area contributed by atoms with E-state index in [9.17, 15) is 4.79 Å². The van der Waals surface area contributed by atoms with Gasteiger partial charge in [-0.2, -0.15) is 0 Å². The molecule has 76 valence electrons. The fraction of sp³-hybridized carbons (Fsp3) is 0. The number of rotatable bonds is 2. The van der Waals surface area contributed by atoms with Gasteiger partial charge in [0.25, 0.3) is 5.91 Å². The fourth-order valence-electron chi connectivity index (χ4n) is 1.08. The molecule has 0 aromatic heterocycles. The van der Waals surface area contributed by atoms with E-state index in [0.717, 1.165) is 0 Å². The van der Waals surface area contributed by atoms with Gasteiger partial charge in [-0.05, 0) is 12.1 Å². The Morgan fingerprint density at radius 1 is 1.13 bits per heavy atom. The molecule has 2 rings (SSSR count). The SMILES string of the molecule is O=C(Nc1ccccc1)C1=COC=CO1. The molecule has 0 unspecified atom stereocenters. The van der Waals surface area contributed by atoms with Crippen molar-refractivity contribution in [3.8, 4) is 0 Å². The van der Waals surface area contributed by atoms with Crippen molar-refractivity contribution >= 4 is 11.6 Å². The quantitative estimate of drug-likeness (QED) is 0.799. The summed E-state index contributed by atoms with van der Waals surface area (Å²) in [6.07, 6.45) is 3.90. The Morgan fingerprint density at radius 2 is 1.93 bits per heavy atom. The second-order valence-corrected chi connectivity index (χ2v) is 2.83. The van der Waals surface area contributed by atoms with Crippen LogP contribution in [0.25, 0.3) is 0 Å². The largest absolute Gasteiger partial charge is 0.465 e. The molecule has 0 aliphatic carbocycles. The van der Waals surface area contributed by atoms with Crippen LogP contribution in [0.4, 0.5) is 5.69 Å². The number of nitrogens with one attached hydrogen (secondary N) is 1. The molecule has 15 heavy (non-hydrogen) atoms. The summed E-state index contributed by atoms with van der Waals surface area (Å²) in [4.78, 5) is 11.5. The minimum absolute atomic E-state index is 0.126. The molecule has 1 amide bonds. The van der Waals surface area contributed by atoms with Gasteiger partial charge in [0, 0.05) is 5.69 Å². The maximum atomic E-state index is 11.5. The van der Waals surface area contributed by atoms with E-state index in [-0.39, 0.29) is 11.7 Å². The highest BCUT2D eigenvalue weighted by Crippen LogP contribution is 2.10. The number of amides is 1. The molecule has 1 aliphatic heterocycles. The monoisotopic (exact) mass is 203 g/mol. The van der Waals surface area contributed by atoms with E-state index in [4.69, 9.17) is 9.47 Å². The number of hydrogen-bond acceptors (Lipinski definition) is 3. The summed E-state index contributed by atoms with van der Waals surface area (Å²) in [5.41, 5.74) is 0.710. The molecular formula is C11H9NO3. The van der Waals surface area contributed by atoms with Crippen LogP contribution in [0.5, 0.6) is 0 Å². The van der Waals surface area contributed by atoms with Gasteiger partial charge in [0.2, 0.25) is 5.76 Å². The highest BCUT2D eigenvalue weighted by atomic mass is 16.5. The molecular weight excluding hydrogens is 194 g/mol. The fourth-order valence-corrected chi connectivity index (χ4v) is 1.08. The molecule has 4 heteroatoms. The highest BCUT2D eigenvalue weighted by Gasteiger charge is 2.12. The van der Waals surface area contributed by atoms with E-state index in [1.54, 1.807) is 12.1 Å². The van der Waals surface area contributed by atoms with E-state index in [1.807, 2.05) is 18.2 Å². The van der Waals surface area contributed by atoms with Crippen molar-refractivity contribution in [3.63, 3.8) is 0 Å². The molecule has 1 aliphatic rings. The molecule has 0 spiro atoms. The Hall–Kier alpha value is -2.23. The molecule has 0 saturated carbocycles. The summed E-state index contributed by atoms with van der Waals surface area (Å²) in [6, 6.07) is 9.12. The average molecular weight is 203 g/mol. The molecule has 1 aromatic rings. The van der Waals surface area contributed by atoms with Crippen LogP contribution in [0, 0.1) is 0 Å². The summed E-state index contributed by atoms with van der Waals surface area (Å²) >= 11 is 0. The lowest BCUT2D eigenvalue weighted by molar-refractivity contribution is -0.115. The second kappa shape index (κ2) is 4.32. The third kappa shape index (κ3) is 2.37. The van der Waals surface area contributed by atoms with Crippen LogP contribution in [0.3, 0.4) is 0 Å². The van der Waals surface area contributed by atoms with E-state index in [1.165, 1.54) is 18.8 Å². The average Bonchev–Trinajstić information content (AvgIpc) is 2.31. The zero-order chi connectivity index (χ0) is 10.5. The molecule has 0 bridgehead atoms. The first-order chi connectivity index (χ1) is 7.36. The summed E-state index contributed by atoms with van der Waals surface area (Å²) in [5.74, 6) is -0.216. The molecule has 0 radical (unpaired) electrons. The van der Waals surface area contributed by atoms with Gasteiger partial charge in [0.05, 0.1) is 0 Å². The minimum atomic E-state index is -0.342. The third-order valence-electron chi connectivity index (χ3n) is 1.76. The van der Waals surface area contributed by atoms with Crippen molar-refractivity contribution in [3.05, 3.63) is 54.9 Å². The van der Waals surface area contributed by atoms with Gasteiger partial charge < -0.3 is 14.8 Å². The number of carbonyl (C=O) groups excluding carboxylic acids is 1. The van der Waals surface area contributed by atoms with Gasteiger partial charge in [0.1, 0.15) is 18.8 Å². The van der Waals surface area contributed by atoms with Crippen molar-refractivity contribution in [1.82, 2.24) is 0 Å². The topological polar surface area (TPSA) is 47.6 Å². The van der Waals surface area contributed by atoms with Crippen LogP contribution in [0.2, 0.25) is 0 Å². The molecule has 0 saturated heterocycles. The number of ether oxygens (including phenoxy) is 2. The maximum Gasteiger partial charge on any atom is 0.294 e. The van der Waals surface area contributed by atoms with Crippen LogP contribution in [-0.2, 0) is 14.3 Å². The molecule has 1 heterocycles.